The summed E-state index contributed by atoms with van der Waals surface area (Å²) >= 11 is 0. The van der Waals surface area contributed by atoms with Crippen molar-refractivity contribution >= 4 is 22.3 Å². The molecule has 0 saturated carbocycles. The summed E-state index contributed by atoms with van der Waals surface area (Å²) in [6.07, 6.45) is 3.12. The Morgan fingerprint density at radius 3 is 2.89 bits per heavy atom. The van der Waals surface area contributed by atoms with Gasteiger partial charge >= 0.3 is 0 Å². The number of fused-ring (bicyclic) bond motifs is 1. The van der Waals surface area contributed by atoms with Gasteiger partial charge in [-0.25, -0.2) is 0 Å². The molecular formula is C15H22N4. The first-order chi connectivity index (χ1) is 9.06. The van der Waals surface area contributed by atoms with E-state index in [1.54, 1.807) is 0 Å². The number of hydrogen-bond donors (Lipinski definition) is 2. The van der Waals surface area contributed by atoms with Crippen molar-refractivity contribution in [2.75, 3.05) is 17.2 Å². The normalized spacial score (nSPS) is 27.9. The molecule has 1 aromatic carbocycles. The van der Waals surface area contributed by atoms with Crippen molar-refractivity contribution in [2.24, 2.45) is 11.8 Å². The first kappa shape index (κ1) is 12.3. The summed E-state index contributed by atoms with van der Waals surface area (Å²) in [7, 11) is 0. The van der Waals surface area contributed by atoms with Crippen molar-refractivity contribution in [3.8, 4) is 0 Å². The average Bonchev–Trinajstić information content (AvgIpc) is 2.80. The van der Waals surface area contributed by atoms with Gasteiger partial charge in [0.25, 0.3) is 0 Å². The second kappa shape index (κ2) is 4.44. The van der Waals surface area contributed by atoms with Gasteiger partial charge in [-0.3, -0.25) is 5.10 Å². The lowest BCUT2D eigenvalue weighted by Gasteiger charge is -2.43. The number of nitrogen functional groups attached to an aromatic ring is 1. The molecule has 102 valence electrons. The van der Waals surface area contributed by atoms with Crippen LogP contribution in [0.5, 0.6) is 0 Å². The lowest BCUT2D eigenvalue weighted by molar-refractivity contribution is 0.297. The monoisotopic (exact) mass is 258 g/mol. The fraction of sp³-hybridized carbons (Fsp3) is 0.533. The van der Waals surface area contributed by atoms with E-state index in [1.807, 2.05) is 12.3 Å². The quantitative estimate of drug-likeness (QED) is 0.773. The molecule has 4 nitrogen and oxygen atoms in total. The molecule has 2 heterocycles. The zero-order chi connectivity index (χ0) is 13.6. The van der Waals surface area contributed by atoms with Crippen LogP contribution in [0.2, 0.25) is 0 Å². The Labute approximate surface area is 114 Å². The Hall–Kier alpha value is -1.71. The molecule has 0 aliphatic carbocycles. The summed E-state index contributed by atoms with van der Waals surface area (Å²) in [6, 6.07) is 4.68. The van der Waals surface area contributed by atoms with Gasteiger partial charge in [-0.2, -0.15) is 5.10 Å². The van der Waals surface area contributed by atoms with E-state index < -0.39 is 0 Å². The summed E-state index contributed by atoms with van der Waals surface area (Å²) in [5.41, 5.74) is 9.29. The molecule has 2 aromatic rings. The minimum Gasteiger partial charge on any atom is -0.397 e. The van der Waals surface area contributed by atoms with Crippen molar-refractivity contribution in [2.45, 2.75) is 33.2 Å². The smallest absolute Gasteiger partial charge is 0.0672 e. The molecule has 3 N–H and O–H groups in total. The van der Waals surface area contributed by atoms with Gasteiger partial charge < -0.3 is 10.6 Å². The van der Waals surface area contributed by atoms with E-state index in [0.717, 1.165) is 28.8 Å². The third kappa shape index (κ3) is 2.05. The minimum atomic E-state index is 0.527. The number of anilines is 2. The van der Waals surface area contributed by atoms with Crippen LogP contribution < -0.4 is 10.6 Å². The molecule has 1 aliphatic rings. The average molecular weight is 258 g/mol. The van der Waals surface area contributed by atoms with Crippen molar-refractivity contribution < 1.29 is 0 Å². The molecule has 1 aliphatic heterocycles. The number of piperidine rings is 1. The van der Waals surface area contributed by atoms with Crippen LogP contribution in [0.25, 0.3) is 10.9 Å². The van der Waals surface area contributed by atoms with E-state index in [9.17, 15) is 0 Å². The van der Waals surface area contributed by atoms with Gasteiger partial charge in [0.15, 0.2) is 0 Å². The number of nitrogens with two attached hydrogens (primary N) is 1. The zero-order valence-electron chi connectivity index (χ0n) is 11.9. The predicted octanol–water partition coefficient (Wildman–Crippen LogP) is 3.02. The van der Waals surface area contributed by atoms with Crippen molar-refractivity contribution in [3.05, 3.63) is 18.3 Å². The molecule has 0 amide bonds. The van der Waals surface area contributed by atoms with Gasteiger partial charge in [0.05, 0.1) is 23.1 Å². The largest absolute Gasteiger partial charge is 0.397 e. The lowest BCUT2D eigenvalue weighted by Crippen LogP contribution is -2.46. The molecule has 4 heteroatoms. The molecule has 3 atom stereocenters. The number of aromatic nitrogens is 2. The second-order valence-corrected chi connectivity index (χ2v) is 6.08. The molecule has 19 heavy (non-hydrogen) atoms. The van der Waals surface area contributed by atoms with Crippen LogP contribution in [0, 0.1) is 11.8 Å². The van der Waals surface area contributed by atoms with Crippen LogP contribution in [0.3, 0.4) is 0 Å². The van der Waals surface area contributed by atoms with Gasteiger partial charge in [-0.05, 0) is 37.3 Å². The number of benzene rings is 1. The van der Waals surface area contributed by atoms with Crippen molar-refractivity contribution in [1.82, 2.24) is 10.2 Å². The van der Waals surface area contributed by atoms with E-state index in [4.69, 9.17) is 5.73 Å². The summed E-state index contributed by atoms with van der Waals surface area (Å²) in [4.78, 5) is 2.45. The van der Waals surface area contributed by atoms with Crippen LogP contribution in [0.1, 0.15) is 27.2 Å². The van der Waals surface area contributed by atoms with Crippen LogP contribution in [-0.4, -0.2) is 22.8 Å². The van der Waals surface area contributed by atoms with E-state index in [2.05, 4.69) is 41.9 Å². The van der Waals surface area contributed by atoms with Gasteiger partial charge in [-0.15, -0.1) is 0 Å². The van der Waals surface area contributed by atoms with Crippen molar-refractivity contribution in [3.63, 3.8) is 0 Å². The number of nitrogens with zero attached hydrogens (tertiary/aromatic N) is 2. The van der Waals surface area contributed by atoms with Gasteiger partial charge in [0.2, 0.25) is 0 Å². The molecule has 0 spiro atoms. The van der Waals surface area contributed by atoms with Gasteiger partial charge in [0.1, 0.15) is 0 Å². The van der Waals surface area contributed by atoms with Crippen molar-refractivity contribution in [1.29, 1.82) is 0 Å². The molecule has 1 aromatic heterocycles. The fourth-order valence-electron chi connectivity index (χ4n) is 3.28. The SMILES string of the molecule is CC1CC(C)C(C)N(c2cc3[nH]ncc3cc2N)C1. The highest BCUT2D eigenvalue weighted by molar-refractivity contribution is 5.89. The number of nitrogens with one attached hydrogen (secondary N) is 1. The topological polar surface area (TPSA) is 57.9 Å². The third-order valence-electron chi connectivity index (χ3n) is 4.49. The van der Waals surface area contributed by atoms with Gasteiger partial charge in [0, 0.05) is 18.0 Å². The Morgan fingerprint density at radius 1 is 1.32 bits per heavy atom. The maximum Gasteiger partial charge on any atom is 0.0672 e. The van der Waals surface area contributed by atoms with E-state index in [1.165, 1.54) is 6.42 Å². The highest BCUT2D eigenvalue weighted by Gasteiger charge is 2.30. The number of aromatic amines is 1. The van der Waals surface area contributed by atoms with Crippen LogP contribution >= 0.6 is 0 Å². The van der Waals surface area contributed by atoms with Crippen LogP contribution in [0.15, 0.2) is 18.3 Å². The maximum atomic E-state index is 6.25. The molecule has 1 saturated heterocycles. The standard InChI is InChI=1S/C15H22N4/c1-9-4-10(2)11(3)19(8-9)15-6-14-12(5-13(15)16)7-17-18-14/h5-7,9-11H,4,8,16H2,1-3H3,(H,17,18). The third-order valence-corrected chi connectivity index (χ3v) is 4.49. The van der Waals surface area contributed by atoms with Crippen LogP contribution in [0.4, 0.5) is 11.4 Å². The molecule has 0 bridgehead atoms. The Morgan fingerprint density at radius 2 is 2.11 bits per heavy atom. The maximum absolute atomic E-state index is 6.25. The number of H-pyrrole nitrogens is 1. The Kier molecular flexibility index (Phi) is 2.88. The fourth-order valence-corrected chi connectivity index (χ4v) is 3.28. The molecule has 0 radical (unpaired) electrons. The summed E-state index contributed by atoms with van der Waals surface area (Å²) in [6.45, 7) is 8.03. The first-order valence-electron chi connectivity index (χ1n) is 7.05. The first-order valence-corrected chi connectivity index (χ1v) is 7.05. The Balaban J connectivity index is 2.04. The van der Waals surface area contributed by atoms with Gasteiger partial charge in [-0.1, -0.05) is 13.8 Å². The molecule has 3 unspecified atom stereocenters. The van der Waals surface area contributed by atoms with E-state index in [-0.39, 0.29) is 0 Å². The Bertz CT molecular complexity index is 589. The van der Waals surface area contributed by atoms with E-state index in [0.29, 0.717) is 17.9 Å². The highest BCUT2D eigenvalue weighted by Crippen LogP contribution is 2.36. The molecule has 1 fully saturated rings. The summed E-state index contributed by atoms with van der Waals surface area (Å²) < 4.78 is 0. The highest BCUT2D eigenvalue weighted by atomic mass is 15.2. The zero-order valence-corrected chi connectivity index (χ0v) is 11.9. The summed E-state index contributed by atoms with van der Waals surface area (Å²) in [5, 5.41) is 8.19. The predicted molar refractivity (Wildman–Crippen MR) is 80.3 cm³/mol. The molecular weight excluding hydrogens is 236 g/mol. The lowest BCUT2D eigenvalue weighted by atomic mass is 9.85. The summed E-state index contributed by atoms with van der Waals surface area (Å²) in [5.74, 6) is 1.41. The number of hydrogen-bond acceptors (Lipinski definition) is 3. The van der Waals surface area contributed by atoms with E-state index >= 15 is 0 Å². The minimum absolute atomic E-state index is 0.527. The molecule has 3 rings (SSSR count). The van der Waals surface area contributed by atoms with Crippen LogP contribution in [-0.2, 0) is 0 Å². The number of rotatable bonds is 1. The second-order valence-electron chi connectivity index (χ2n) is 6.08.